The first-order chi connectivity index (χ1) is 9.70. The number of primary amides is 1. The predicted octanol–water partition coefficient (Wildman–Crippen LogP) is 0.416. The van der Waals surface area contributed by atoms with Gasteiger partial charge in [-0.25, -0.2) is 4.79 Å². The fraction of sp³-hybridized carbons (Fsp3) is 0.182. The quantitative estimate of drug-likeness (QED) is 0.494. The molecular weight excluding hydrogens is 350 g/mol. The molecule has 0 fully saturated rings. The highest BCUT2D eigenvalue weighted by molar-refractivity contribution is 9.10. The average Bonchev–Trinajstić information content (AvgIpc) is 2.36. The molecule has 0 saturated heterocycles. The Labute approximate surface area is 126 Å². The number of hydrogen-bond acceptors (Lipinski definition) is 5. The molecule has 0 saturated carbocycles. The van der Waals surface area contributed by atoms with Gasteiger partial charge in [0.05, 0.1) is 11.3 Å². The van der Waals surface area contributed by atoms with Crippen molar-refractivity contribution in [2.24, 2.45) is 5.73 Å². The Bertz CT molecular complexity index is 618. The van der Waals surface area contributed by atoms with E-state index < -0.39 is 35.2 Å². The van der Waals surface area contributed by atoms with Crippen molar-refractivity contribution < 1.29 is 24.4 Å². The summed E-state index contributed by atoms with van der Waals surface area (Å²) in [4.78, 5) is 43.5. The van der Waals surface area contributed by atoms with Gasteiger partial charge in [-0.15, -0.1) is 0 Å². The molecule has 1 rings (SSSR count). The number of halogens is 1. The Morgan fingerprint density at radius 2 is 2.00 bits per heavy atom. The van der Waals surface area contributed by atoms with Crippen molar-refractivity contribution in [1.82, 2.24) is 5.32 Å². The van der Waals surface area contributed by atoms with Crippen LogP contribution in [0.5, 0.6) is 0 Å². The molecule has 0 aliphatic rings. The number of nitrogens with one attached hydrogen (secondary N) is 1. The summed E-state index contributed by atoms with van der Waals surface area (Å²) >= 11 is 3.01. The molecule has 112 valence electrons. The summed E-state index contributed by atoms with van der Waals surface area (Å²) in [7, 11) is 0. The molecule has 2 amide bonds. The molecule has 10 heteroatoms. The molecule has 21 heavy (non-hydrogen) atoms. The first-order valence-corrected chi connectivity index (χ1v) is 6.27. The van der Waals surface area contributed by atoms with Gasteiger partial charge in [-0.1, -0.05) is 15.9 Å². The summed E-state index contributed by atoms with van der Waals surface area (Å²) < 4.78 is 0.281. The first kappa shape index (κ1) is 16.6. The third-order valence-electron chi connectivity index (χ3n) is 2.36. The zero-order valence-electron chi connectivity index (χ0n) is 10.4. The summed E-state index contributed by atoms with van der Waals surface area (Å²) in [6.07, 6.45) is -0.586. The van der Waals surface area contributed by atoms with Crippen LogP contribution in [0.15, 0.2) is 22.7 Å². The lowest BCUT2D eigenvalue weighted by Crippen LogP contribution is -2.43. The number of nitrogens with zero attached hydrogens (tertiary/aromatic N) is 1. The van der Waals surface area contributed by atoms with E-state index in [0.29, 0.717) is 0 Å². The van der Waals surface area contributed by atoms with E-state index in [1.165, 1.54) is 12.1 Å². The van der Waals surface area contributed by atoms with Crippen LogP contribution in [0.4, 0.5) is 5.69 Å². The maximum atomic E-state index is 11.9. The van der Waals surface area contributed by atoms with Crippen molar-refractivity contribution in [2.75, 3.05) is 0 Å². The van der Waals surface area contributed by atoms with Crippen molar-refractivity contribution in [3.05, 3.63) is 38.3 Å². The van der Waals surface area contributed by atoms with Gasteiger partial charge in [-0.2, -0.15) is 0 Å². The zero-order valence-corrected chi connectivity index (χ0v) is 12.0. The highest BCUT2D eigenvalue weighted by Crippen LogP contribution is 2.21. The van der Waals surface area contributed by atoms with Crippen LogP contribution in [-0.2, 0) is 9.59 Å². The van der Waals surface area contributed by atoms with E-state index in [2.05, 4.69) is 21.2 Å². The molecule has 0 aliphatic carbocycles. The van der Waals surface area contributed by atoms with Gasteiger partial charge in [0.2, 0.25) is 5.91 Å². The topological polar surface area (TPSA) is 153 Å². The number of benzene rings is 1. The summed E-state index contributed by atoms with van der Waals surface area (Å²) in [5, 5.41) is 21.7. The second-order valence-electron chi connectivity index (χ2n) is 3.99. The lowest BCUT2D eigenvalue weighted by atomic mass is 10.1. The van der Waals surface area contributed by atoms with Gasteiger partial charge in [0.15, 0.2) is 0 Å². The number of amides is 2. The standard InChI is InChI=1S/C11H10BrN3O6/c12-6-1-5(2-7(3-6)15(20)21)10(17)14-8(11(18)19)4-9(13)16/h1-3,8H,4H2,(H2,13,16)(H,14,17)(H,18,19). The minimum atomic E-state index is -1.51. The van der Waals surface area contributed by atoms with Gasteiger partial charge in [-0.05, 0) is 6.07 Å². The molecule has 1 unspecified atom stereocenters. The van der Waals surface area contributed by atoms with Crippen LogP contribution in [-0.4, -0.2) is 33.9 Å². The number of non-ortho nitro benzene ring substituents is 1. The normalized spacial score (nSPS) is 11.5. The fourth-order valence-corrected chi connectivity index (χ4v) is 1.93. The maximum Gasteiger partial charge on any atom is 0.326 e. The number of nitro benzene ring substituents is 1. The van der Waals surface area contributed by atoms with E-state index in [1.807, 2.05) is 0 Å². The number of nitrogens with two attached hydrogens (primary N) is 1. The van der Waals surface area contributed by atoms with Gasteiger partial charge >= 0.3 is 5.97 Å². The average molecular weight is 360 g/mol. The van der Waals surface area contributed by atoms with Crippen molar-refractivity contribution >= 4 is 39.4 Å². The zero-order chi connectivity index (χ0) is 16.2. The van der Waals surface area contributed by atoms with Gasteiger partial charge in [-0.3, -0.25) is 19.7 Å². The molecule has 1 aromatic carbocycles. The summed E-state index contributed by atoms with van der Waals surface area (Å²) in [6.45, 7) is 0. The summed E-state index contributed by atoms with van der Waals surface area (Å²) in [5.74, 6) is -3.21. The highest BCUT2D eigenvalue weighted by atomic mass is 79.9. The Morgan fingerprint density at radius 1 is 1.38 bits per heavy atom. The number of aliphatic carboxylic acids is 1. The molecular formula is C11H10BrN3O6. The number of carbonyl (C=O) groups excluding carboxylic acids is 2. The van der Waals surface area contributed by atoms with E-state index in [9.17, 15) is 24.5 Å². The number of rotatable bonds is 6. The monoisotopic (exact) mass is 359 g/mol. The second kappa shape index (κ2) is 6.79. The van der Waals surface area contributed by atoms with Crippen LogP contribution >= 0.6 is 15.9 Å². The fourth-order valence-electron chi connectivity index (χ4n) is 1.45. The van der Waals surface area contributed by atoms with Crippen LogP contribution in [0.3, 0.4) is 0 Å². The molecule has 4 N–H and O–H groups in total. The largest absolute Gasteiger partial charge is 0.480 e. The Hall–Kier alpha value is -2.49. The molecule has 0 bridgehead atoms. The Balaban J connectivity index is 2.99. The van der Waals surface area contributed by atoms with E-state index in [-0.39, 0.29) is 15.7 Å². The lowest BCUT2D eigenvalue weighted by molar-refractivity contribution is -0.385. The number of carboxylic acids is 1. The van der Waals surface area contributed by atoms with Gasteiger partial charge in [0, 0.05) is 22.2 Å². The lowest BCUT2D eigenvalue weighted by Gasteiger charge is -2.12. The van der Waals surface area contributed by atoms with Crippen LogP contribution < -0.4 is 11.1 Å². The minimum Gasteiger partial charge on any atom is -0.480 e. The second-order valence-corrected chi connectivity index (χ2v) is 4.91. The van der Waals surface area contributed by atoms with Gasteiger partial charge in [0.25, 0.3) is 11.6 Å². The molecule has 0 heterocycles. The minimum absolute atomic E-state index is 0.119. The van der Waals surface area contributed by atoms with Gasteiger partial charge < -0.3 is 16.2 Å². The highest BCUT2D eigenvalue weighted by Gasteiger charge is 2.23. The predicted molar refractivity (Wildman–Crippen MR) is 73.5 cm³/mol. The molecule has 0 aromatic heterocycles. The van der Waals surface area contributed by atoms with Crippen LogP contribution in [0.1, 0.15) is 16.8 Å². The molecule has 0 spiro atoms. The maximum absolute atomic E-state index is 11.9. The van der Waals surface area contributed by atoms with E-state index >= 15 is 0 Å². The SMILES string of the molecule is NC(=O)CC(NC(=O)c1cc(Br)cc([N+](=O)[O-])c1)C(=O)O. The van der Waals surface area contributed by atoms with E-state index in [0.717, 1.165) is 6.07 Å². The number of carbonyl (C=O) groups is 3. The van der Waals surface area contributed by atoms with Crippen molar-refractivity contribution in [3.8, 4) is 0 Å². The number of nitro groups is 1. The molecule has 9 nitrogen and oxygen atoms in total. The van der Waals surface area contributed by atoms with E-state index in [1.54, 1.807) is 0 Å². The molecule has 0 aliphatic heterocycles. The van der Waals surface area contributed by atoms with Crippen LogP contribution in [0, 0.1) is 10.1 Å². The molecule has 1 atom stereocenters. The summed E-state index contributed by atoms with van der Waals surface area (Å²) in [5.41, 5.74) is 4.43. The van der Waals surface area contributed by atoms with Crippen molar-refractivity contribution in [1.29, 1.82) is 0 Å². The molecule has 1 aromatic rings. The van der Waals surface area contributed by atoms with Crippen LogP contribution in [0.2, 0.25) is 0 Å². The Morgan fingerprint density at radius 3 is 2.48 bits per heavy atom. The van der Waals surface area contributed by atoms with Crippen molar-refractivity contribution in [3.63, 3.8) is 0 Å². The van der Waals surface area contributed by atoms with Crippen LogP contribution in [0.25, 0.3) is 0 Å². The first-order valence-electron chi connectivity index (χ1n) is 5.47. The van der Waals surface area contributed by atoms with E-state index in [4.69, 9.17) is 10.8 Å². The Kier molecular flexibility index (Phi) is 5.36. The number of hydrogen-bond donors (Lipinski definition) is 3. The van der Waals surface area contributed by atoms with Gasteiger partial charge in [0.1, 0.15) is 6.04 Å². The summed E-state index contributed by atoms with van der Waals surface area (Å²) in [6, 6.07) is 1.96. The number of carboxylic acid groups (broad SMARTS) is 1. The smallest absolute Gasteiger partial charge is 0.326 e. The third kappa shape index (κ3) is 4.84. The third-order valence-corrected chi connectivity index (χ3v) is 2.82. The van der Waals surface area contributed by atoms with Crippen molar-refractivity contribution in [2.45, 2.75) is 12.5 Å². The molecule has 0 radical (unpaired) electrons.